The smallest absolute Gasteiger partial charge is 0.299 e. The number of piperidine rings is 1. The first-order chi connectivity index (χ1) is 20.6. The molecule has 1 fully saturated rings. The number of halogens is 1. The summed E-state index contributed by atoms with van der Waals surface area (Å²) in [5, 5.41) is 10.1. The van der Waals surface area contributed by atoms with Crippen LogP contribution in [0.5, 0.6) is 0 Å². The highest BCUT2D eigenvalue weighted by Crippen LogP contribution is 2.31. The van der Waals surface area contributed by atoms with Crippen molar-refractivity contribution < 1.29 is 9.21 Å². The average Bonchev–Trinajstić information content (AvgIpc) is 3.44. The van der Waals surface area contributed by atoms with Gasteiger partial charge in [0.1, 0.15) is 10.5 Å². The number of hydrogen-bond donors (Lipinski definition) is 3. The topological polar surface area (TPSA) is 134 Å². The molecule has 42 heavy (non-hydrogen) atoms. The highest BCUT2D eigenvalue weighted by Gasteiger charge is 2.25. The van der Waals surface area contributed by atoms with Crippen LogP contribution in [-0.4, -0.2) is 43.9 Å². The normalized spacial score (nSPS) is 15.1. The van der Waals surface area contributed by atoms with Crippen LogP contribution in [0.2, 0.25) is 5.02 Å². The zero-order chi connectivity index (χ0) is 28.5. The van der Waals surface area contributed by atoms with E-state index in [2.05, 4.69) is 45.8 Å². The standard InChI is InChI=1S/C30H28ClN9O2/c31-23-17-34-29-36-22-12-19(15-32-16-22)3-4-20-14-21(35-27(23)39-29)5-6-24(20)37-26(41)13-18-7-10-40(11-8-18)30-38-25-2-1-9-33-28(25)42-30/h1-2,5-6,9,12,14-18H,3-4,7-8,10-11,13H2,(H,37,41)(H2,34,35,36,39). The third-order valence-corrected chi connectivity index (χ3v) is 7.91. The fourth-order valence-corrected chi connectivity index (χ4v) is 5.58. The second-order valence-corrected chi connectivity index (χ2v) is 11.0. The van der Waals surface area contributed by atoms with Crippen molar-refractivity contribution in [2.45, 2.75) is 32.1 Å². The van der Waals surface area contributed by atoms with Crippen molar-refractivity contribution >= 4 is 63.6 Å². The first kappa shape index (κ1) is 26.1. The maximum absolute atomic E-state index is 13.2. The largest absolute Gasteiger partial charge is 0.404 e. The Balaban J connectivity index is 1.04. The van der Waals surface area contributed by atoms with Gasteiger partial charge in [-0.1, -0.05) is 11.6 Å². The van der Waals surface area contributed by atoms with E-state index < -0.39 is 0 Å². The van der Waals surface area contributed by atoms with E-state index in [9.17, 15) is 4.79 Å². The van der Waals surface area contributed by atoms with E-state index in [1.807, 2.05) is 42.6 Å². The second-order valence-electron chi connectivity index (χ2n) is 10.6. The van der Waals surface area contributed by atoms with Gasteiger partial charge in [0, 0.05) is 43.3 Å². The molecule has 0 aliphatic carbocycles. The molecule has 212 valence electrons. The lowest BCUT2D eigenvalue weighted by atomic mass is 9.93. The van der Waals surface area contributed by atoms with E-state index in [1.165, 1.54) is 0 Å². The summed E-state index contributed by atoms with van der Waals surface area (Å²) in [6.45, 7) is 1.57. The number of hydrogen-bond acceptors (Lipinski definition) is 10. The zero-order valence-corrected chi connectivity index (χ0v) is 23.4. The van der Waals surface area contributed by atoms with Crippen LogP contribution >= 0.6 is 11.6 Å². The van der Waals surface area contributed by atoms with Crippen molar-refractivity contribution in [2.24, 2.45) is 5.92 Å². The molecule has 0 saturated carbocycles. The molecule has 6 heterocycles. The Labute approximate surface area is 246 Å². The van der Waals surface area contributed by atoms with Crippen LogP contribution in [0.4, 0.5) is 34.8 Å². The maximum atomic E-state index is 13.2. The Morgan fingerprint density at radius 1 is 1.02 bits per heavy atom. The van der Waals surface area contributed by atoms with Gasteiger partial charge in [-0.25, -0.2) is 9.97 Å². The van der Waals surface area contributed by atoms with E-state index in [1.54, 1.807) is 18.6 Å². The summed E-state index contributed by atoms with van der Waals surface area (Å²) in [6, 6.07) is 12.2. The molecule has 0 radical (unpaired) electrons. The molecule has 3 N–H and O–H groups in total. The summed E-state index contributed by atoms with van der Waals surface area (Å²) >= 11 is 6.39. The molecule has 11 nitrogen and oxygen atoms in total. The molecule has 5 aromatic rings. The lowest BCUT2D eigenvalue weighted by Crippen LogP contribution is -2.35. The number of anilines is 6. The van der Waals surface area contributed by atoms with Gasteiger partial charge in [0.15, 0.2) is 5.82 Å². The van der Waals surface area contributed by atoms with Gasteiger partial charge in [0.25, 0.3) is 6.01 Å². The minimum absolute atomic E-state index is 0.00994. The van der Waals surface area contributed by atoms with E-state index >= 15 is 0 Å². The van der Waals surface area contributed by atoms with Crippen LogP contribution in [0.15, 0.2) is 65.6 Å². The predicted octanol–water partition coefficient (Wildman–Crippen LogP) is 5.89. The van der Waals surface area contributed by atoms with Crippen LogP contribution in [0.1, 0.15) is 30.4 Å². The summed E-state index contributed by atoms with van der Waals surface area (Å²) < 4.78 is 5.83. The van der Waals surface area contributed by atoms with Crippen LogP contribution < -0.4 is 20.9 Å². The molecular formula is C30H28ClN9O2. The molecule has 2 aliphatic heterocycles. The van der Waals surface area contributed by atoms with Crippen molar-refractivity contribution in [3.63, 3.8) is 0 Å². The molecule has 7 rings (SSSR count). The van der Waals surface area contributed by atoms with Crippen LogP contribution in [0, 0.1) is 5.92 Å². The molecule has 1 amide bonds. The Kier molecular flexibility index (Phi) is 7.00. The first-order valence-electron chi connectivity index (χ1n) is 14.0. The van der Waals surface area contributed by atoms with E-state index in [4.69, 9.17) is 16.0 Å². The van der Waals surface area contributed by atoms with E-state index in [-0.39, 0.29) is 11.8 Å². The Morgan fingerprint density at radius 3 is 2.81 bits per heavy atom. The van der Waals surface area contributed by atoms with Crippen molar-refractivity contribution in [1.82, 2.24) is 24.9 Å². The fourth-order valence-electron chi connectivity index (χ4n) is 5.44. The van der Waals surface area contributed by atoms with Gasteiger partial charge in [0.05, 0.1) is 18.1 Å². The van der Waals surface area contributed by atoms with Crippen LogP contribution in [0.25, 0.3) is 11.2 Å². The number of carbonyl (C=O) groups excluding carboxylic acids is 1. The van der Waals surface area contributed by atoms with Crippen molar-refractivity contribution in [2.75, 3.05) is 33.9 Å². The Bertz CT molecular complexity index is 1730. The lowest BCUT2D eigenvalue weighted by Gasteiger charge is -2.30. The minimum Gasteiger partial charge on any atom is -0.404 e. The Morgan fingerprint density at radius 2 is 1.93 bits per heavy atom. The molecule has 2 aliphatic rings. The monoisotopic (exact) mass is 581 g/mol. The number of benzene rings is 1. The summed E-state index contributed by atoms with van der Waals surface area (Å²) in [4.78, 5) is 37.3. The van der Waals surface area contributed by atoms with E-state index in [0.717, 1.165) is 66.1 Å². The third kappa shape index (κ3) is 5.68. The molecular weight excluding hydrogens is 554 g/mol. The molecule has 1 aromatic carbocycles. The predicted molar refractivity (Wildman–Crippen MR) is 162 cm³/mol. The van der Waals surface area contributed by atoms with Gasteiger partial charge in [0.2, 0.25) is 17.6 Å². The summed E-state index contributed by atoms with van der Waals surface area (Å²) in [7, 11) is 0. The minimum atomic E-state index is 0.00994. The number of pyridine rings is 2. The van der Waals surface area contributed by atoms with Crippen molar-refractivity contribution in [3.05, 3.63) is 77.3 Å². The van der Waals surface area contributed by atoms with Gasteiger partial charge < -0.3 is 25.3 Å². The number of carbonyl (C=O) groups is 1. The van der Waals surface area contributed by atoms with Gasteiger partial charge in [-0.15, -0.1) is 0 Å². The van der Waals surface area contributed by atoms with Crippen LogP contribution in [0.3, 0.4) is 0 Å². The first-order valence-corrected chi connectivity index (χ1v) is 14.3. The second kappa shape index (κ2) is 11.2. The van der Waals surface area contributed by atoms with Gasteiger partial charge >= 0.3 is 0 Å². The SMILES string of the molecule is O=C(CC1CCN(c2nc3cccnc3o2)CC1)Nc1ccc2cc1CCc1cncc(c1)Nc1ncc(Cl)c(n1)N2. The average molecular weight is 582 g/mol. The molecule has 12 heteroatoms. The number of nitrogens with zero attached hydrogens (tertiary/aromatic N) is 6. The van der Waals surface area contributed by atoms with Crippen molar-refractivity contribution in [3.8, 4) is 0 Å². The third-order valence-electron chi connectivity index (χ3n) is 7.63. The number of nitrogens with one attached hydrogen (secondary N) is 3. The highest BCUT2D eigenvalue weighted by atomic mass is 35.5. The Hall–Kier alpha value is -4.77. The quantitative estimate of drug-likeness (QED) is 0.236. The lowest BCUT2D eigenvalue weighted by molar-refractivity contribution is -0.117. The van der Waals surface area contributed by atoms with Gasteiger partial charge in [-0.2, -0.15) is 9.97 Å². The molecule has 6 bridgehead atoms. The number of fused-ring (bicyclic) bond motifs is 7. The number of aromatic nitrogens is 5. The van der Waals surface area contributed by atoms with Crippen LogP contribution in [-0.2, 0) is 17.6 Å². The number of amides is 1. The van der Waals surface area contributed by atoms with E-state index in [0.29, 0.717) is 41.4 Å². The fraction of sp³-hybridized carbons (Fsp3) is 0.267. The summed E-state index contributed by atoms with van der Waals surface area (Å²) in [5.74, 6) is 1.20. The summed E-state index contributed by atoms with van der Waals surface area (Å²) in [6.07, 6.45) is 10.5. The molecule has 0 unspecified atom stereocenters. The molecule has 1 saturated heterocycles. The zero-order valence-electron chi connectivity index (χ0n) is 22.7. The van der Waals surface area contributed by atoms with Crippen molar-refractivity contribution in [1.29, 1.82) is 0 Å². The molecule has 4 aromatic heterocycles. The molecule has 0 spiro atoms. The van der Waals surface area contributed by atoms with Gasteiger partial charge in [-0.3, -0.25) is 9.78 Å². The van der Waals surface area contributed by atoms with Gasteiger partial charge in [-0.05, 0) is 79.1 Å². The maximum Gasteiger partial charge on any atom is 0.299 e. The number of oxazole rings is 1. The number of aryl methyl sites for hydroxylation is 2. The number of rotatable bonds is 4. The summed E-state index contributed by atoms with van der Waals surface area (Å²) in [5.41, 5.74) is 5.78. The molecule has 0 atom stereocenters. The highest BCUT2D eigenvalue weighted by molar-refractivity contribution is 6.32.